The molecule has 0 saturated heterocycles. The lowest BCUT2D eigenvalue weighted by Crippen LogP contribution is -2.29. The molecular formula is C26H19BrN4O2S. The number of nitrogens with zero attached hydrogens (tertiary/aromatic N) is 3. The van der Waals surface area contributed by atoms with Crippen LogP contribution in [-0.4, -0.2) is 20.7 Å². The van der Waals surface area contributed by atoms with Crippen molar-refractivity contribution in [1.29, 1.82) is 0 Å². The lowest BCUT2D eigenvalue weighted by Gasteiger charge is -2.09. The summed E-state index contributed by atoms with van der Waals surface area (Å²) in [5, 5.41) is 8.12. The smallest absolute Gasteiger partial charge is 0.267 e. The highest BCUT2D eigenvalue weighted by Crippen LogP contribution is 2.31. The number of carbonyl (C=O) groups excluding carboxylic acids is 1. The van der Waals surface area contributed by atoms with Gasteiger partial charge in [0.25, 0.3) is 5.56 Å². The van der Waals surface area contributed by atoms with Gasteiger partial charge in [-0.2, -0.15) is 5.10 Å². The summed E-state index contributed by atoms with van der Waals surface area (Å²) in [6, 6.07) is 24.4. The van der Waals surface area contributed by atoms with E-state index < -0.39 is 0 Å². The van der Waals surface area contributed by atoms with Gasteiger partial charge in [0.15, 0.2) is 0 Å². The topological polar surface area (TPSA) is 76.9 Å². The minimum Gasteiger partial charge on any atom is -0.324 e. The Balaban J connectivity index is 1.29. The molecule has 0 unspecified atom stereocenters. The van der Waals surface area contributed by atoms with Crippen LogP contribution in [0.5, 0.6) is 0 Å². The fraction of sp³-hybridized carbons (Fsp3) is 0.0769. The van der Waals surface area contributed by atoms with Crippen molar-refractivity contribution in [2.24, 2.45) is 0 Å². The second-order valence-corrected chi connectivity index (χ2v) is 9.78. The zero-order chi connectivity index (χ0) is 23.7. The Bertz CT molecular complexity index is 1560. The molecule has 1 N–H and O–H groups in total. The van der Waals surface area contributed by atoms with Crippen molar-refractivity contribution in [1.82, 2.24) is 14.8 Å². The zero-order valence-corrected chi connectivity index (χ0v) is 20.6. The van der Waals surface area contributed by atoms with Gasteiger partial charge in [-0.05, 0) is 67.1 Å². The van der Waals surface area contributed by atoms with Gasteiger partial charge in [0.05, 0.1) is 15.9 Å². The normalized spacial score (nSPS) is 11.0. The molecule has 0 atom stereocenters. The largest absolute Gasteiger partial charge is 0.324 e. The first-order valence-electron chi connectivity index (χ1n) is 10.6. The van der Waals surface area contributed by atoms with Crippen LogP contribution in [0.25, 0.3) is 32.0 Å². The van der Waals surface area contributed by atoms with Crippen LogP contribution in [0.2, 0.25) is 0 Å². The molecule has 0 aliphatic rings. The van der Waals surface area contributed by atoms with Crippen LogP contribution in [0.1, 0.15) is 5.56 Å². The summed E-state index contributed by atoms with van der Waals surface area (Å²) >= 11 is 5.05. The number of hydrogen-bond donors (Lipinski definition) is 1. The molecule has 0 bridgehead atoms. The van der Waals surface area contributed by atoms with E-state index in [-0.39, 0.29) is 18.0 Å². The third-order valence-electron chi connectivity index (χ3n) is 5.26. The molecule has 1 amide bonds. The van der Waals surface area contributed by atoms with Crippen molar-refractivity contribution in [3.63, 3.8) is 0 Å². The Labute approximate surface area is 208 Å². The van der Waals surface area contributed by atoms with Crippen molar-refractivity contribution < 1.29 is 4.79 Å². The van der Waals surface area contributed by atoms with Gasteiger partial charge in [0.1, 0.15) is 11.6 Å². The molecule has 0 radical (unpaired) electrons. The van der Waals surface area contributed by atoms with Crippen molar-refractivity contribution in [3.8, 4) is 21.8 Å². The number of thiazole rings is 1. The number of rotatable bonds is 5. The molecule has 2 aromatic heterocycles. The average Bonchev–Trinajstić information content (AvgIpc) is 3.25. The highest BCUT2D eigenvalue weighted by Gasteiger charge is 2.10. The number of carbonyl (C=O) groups is 1. The summed E-state index contributed by atoms with van der Waals surface area (Å²) in [6.45, 7) is 1.89. The van der Waals surface area contributed by atoms with Gasteiger partial charge in [-0.3, -0.25) is 9.59 Å². The van der Waals surface area contributed by atoms with E-state index in [1.165, 1.54) is 16.3 Å². The van der Waals surface area contributed by atoms with Crippen LogP contribution in [0.3, 0.4) is 0 Å². The van der Waals surface area contributed by atoms with E-state index in [9.17, 15) is 9.59 Å². The fourth-order valence-corrected chi connectivity index (χ4v) is 4.86. The molecule has 0 aliphatic carbocycles. The molecule has 34 heavy (non-hydrogen) atoms. The Morgan fingerprint density at radius 1 is 0.971 bits per heavy atom. The van der Waals surface area contributed by atoms with Gasteiger partial charge < -0.3 is 5.32 Å². The Morgan fingerprint density at radius 2 is 1.71 bits per heavy atom. The number of halogens is 1. The van der Waals surface area contributed by atoms with Crippen LogP contribution in [-0.2, 0) is 11.3 Å². The Morgan fingerprint density at radius 3 is 2.47 bits per heavy atom. The molecule has 6 nitrogen and oxygen atoms in total. The number of amides is 1. The monoisotopic (exact) mass is 530 g/mol. The lowest BCUT2D eigenvalue weighted by molar-refractivity contribution is -0.117. The molecular weight excluding hydrogens is 512 g/mol. The third kappa shape index (κ3) is 4.83. The van der Waals surface area contributed by atoms with E-state index in [1.807, 2.05) is 54.6 Å². The summed E-state index contributed by atoms with van der Waals surface area (Å²) in [6.07, 6.45) is 0. The van der Waals surface area contributed by atoms with E-state index in [4.69, 9.17) is 4.98 Å². The zero-order valence-electron chi connectivity index (χ0n) is 18.2. The molecule has 0 fully saturated rings. The van der Waals surface area contributed by atoms with Gasteiger partial charge in [0, 0.05) is 27.4 Å². The maximum Gasteiger partial charge on any atom is 0.267 e. The highest BCUT2D eigenvalue weighted by atomic mass is 79.9. The van der Waals surface area contributed by atoms with Crippen LogP contribution < -0.4 is 10.9 Å². The number of fused-ring (bicyclic) bond motifs is 1. The summed E-state index contributed by atoms with van der Waals surface area (Å²) in [5.74, 6) is -0.328. The van der Waals surface area contributed by atoms with Crippen LogP contribution in [0, 0.1) is 6.92 Å². The standard InChI is InChI=1S/C26H19BrN4O2S/c1-16-2-11-22-23(14-16)34-26(29-22)18-5-9-20(10-6-18)28-24(32)15-31-25(33)13-12-21(30-31)17-3-7-19(27)8-4-17/h2-14H,15H2,1H3,(H,28,32). The summed E-state index contributed by atoms with van der Waals surface area (Å²) in [5.41, 5.74) is 4.95. The number of anilines is 1. The molecule has 8 heteroatoms. The van der Waals surface area contributed by atoms with Crippen molar-refractivity contribution in [3.05, 3.63) is 99.3 Å². The maximum atomic E-state index is 12.6. The average molecular weight is 531 g/mol. The van der Waals surface area contributed by atoms with Gasteiger partial charge >= 0.3 is 0 Å². The van der Waals surface area contributed by atoms with E-state index in [0.29, 0.717) is 11.4 Å². The van der Waals surface area contributed by atoms with E-state index >= 15 is 0 Å². The first-order valence-corrected chi connectivity index (χ1v) is 12.2. The SMILES string of the molecule is Cc1ccc2nc(-c3ccc(NC(=O)Cn4nc(-c5ccc(Br)cc5)ccc4=O)cc3)sc2c1. The minimum absolute atomic E-state index is 0.178. The molecule has 0 spiro atoms. The third-order valence-corrected chi connectivity index (χ3v) is 6.86. The molecule has 5 rings (SSSR count). The highest BCUT2D eigenvalue weighted by molar-refractivity contribution is 9.10. The van der Waals surface area contributed by atoms with Crippen molar-refractivity contribution in [2.75, 3.05) is 5.32 Å². The number of hydrogen-bond acceptors (Lipinski definition) is 5. The Kier molecular flexibility index (Phi) is 6.08. The van der Waals surface area contributed by atoms with E-state index in [2.05, 4.69) is 45.4 Å². The van der Waals surface area contributed by atoms with Crippen LogP contribution in [0.4, 0.5) is 5.69 Å². The minimum atomic E-state index is -0.336. The molecule has 3 aromatic carbocycles. The Hall–Kier alpha value is -3.62. The maximum absolute atomic E-state index is 12.6. The van der Waals surface area contributed by atoms with E-state index in [1.54, 1.807) is 17.4 Å². The lowest BCUT2D eigenvalue weighted by atomic mass is 10.1. The van der Waals surface area contributed by atoms with Crippen LogP contribution >= 0.6 is 27.3 Å². The van der Waals surface area contributed by atoms with Crippen LogP contribution in [0.15, 0.2) is 88.1 Å². The molecule has 0 aliphatic heterocycles. The van der Waals surface area contributed by atoms with E-state index in [0.717, 1.165) is 30.8 Å². The molecule has 168 valence electrons. The summed E-state index contributed by atoms with van der Waals surface area (Å²) < 4.78 is 3.27. The van der Waals surface area contributed by atoms with Crippen molar-refractivity contribution >= 4 is 49.1 Å². The predicted octanol–water partition coefficient (Wildman–Crippen LogP) is 5.90. The second kappa shape index (κ2) is 9.32. The fourth-order valence-electron chi connectivity index (χ4n) is 3.52. The number of nitrogens with one attached hydrogen (secondary N) is 1. The molecule has 5 aromatic rings. The predicted molar refractivity (Wildman–Crippen MR) is 140 cm³/mol. The quantitative estimate of drug-likeness (QED) is 0.307. The number of aromatic nitrogens is 3. The molecule has 0 saturated carbocycles. The van der Waals surface area contributed by atoms with Crippen molar-refractivity contribution in [2.45, 2.75) is 13.5 Å². The van der Waals surface area contributed by atoms with Gasteiger partial charge in [-0.15, -0.1) is 11.3 Å². The molecule has 2 heterocycles. The number of aryl methyl sites for hydroxylation is 1. The number of benzene rings is 3. The second-order valence-electron chi connectivity index (χ2n) is 7.84. The van der Waals surface area contributed by atoms with Gasteiger partial charge in [-0.1, -0.05) is 34.1 Å². The summed E-state index contributed by atoms with van der Waals surface area (Å²) in [7, 11) is 0. The first-order chi connectivity index (χ1) is 16.4. The summed E-state index contributed by atoms with van der Waals surface area (Å²) in [4.78, 5) is 29.6. The van der Waals surface area contributed by atoms with Gasteiger partial charge in [0.2, 0.25) is 5.91 Å². The first kappa shape index (κ1) is 22.2. The van der Waals surface area contributed by atoms with Gasteiger partial charge in [-0.25, -0.2) is 9.67 Å².